The molecule has 198 valence electrons. The summed E-state index contributed by atoms with van der Waals surface area (Å²) in [5.41, 5.74) is 3.27. The summed E-state index contributed by atoms with van der Waals surface area (Å²) in [6.07, 6.45) is 1.08. The third-order valence-corrected chi connectivity index (χ3v) is 8.58. The average Bonchev–Trinajstić information content (AvgIpc) is 3.44. The lowest BCUT2D eigenvalue weighted by molar-refractivity contribution is -0.138. The number of ketones is 1. The van der Waals surface area contributed by atoms with Crippen molar-refractivity contribution in [2.45, 2.75) is 38.5 Å². The lowest BCUT2D eigenvalue weighted by Gasteiger charge is -2.36. The molecule has 37 heavy (non-hydrogen) atoms. The minimum Gasteiger partial charge on any atom is -0.493 e. The second-order valence-electron chi connectivity index (χ2n) is 8.82. The number of ether oxygens (including phenoxy) is 4. The molecule has 9 heteroatoms. The number of allylic oxidation sites excluding steroid dienone is 3. The van der Waals surface area contributed by atoms with Crippen LogP contribution >= 0.6 is 23.1 Å². The number of Topliss-reactive ketones (excluding diaryl/α,β-unsaturated/α-hetero) is 1. The molecule has 2 aromatic rings. The molecule has 1 aromatic carbocycles. The van der Waals surface area contributed by atoms with Crippen LogP contribution in [0.4, 0.5) is 0 Å². The van der Waals surface area contributed by atoms with Crippen LogP contribution < -0.4 is 19.5 Å². The van der Waals surface area contributed by atoms with E-state index in [2.05, 4.69) is 18.3 Å². The van der Waals surface area contributed by atoms with Gasteiger partial charge in [0.2, 0.25) is 5.75 Å². The number of nitrogens with one attached hydrogen (secondary N) is 1. The first kappa shape index (κ1) is 27.1. The Bertz CT molecular complexity index is 1190. The maximum atomic E-state index is 13.8. The number of benzene rings is 1. The standard InChI is InChI=1S/C28H33NO6S2/c1-6-36-11-9-35-28(31)24-16(2)29-19-12-17(23-8-7-10-37-23)13-20(30)26(19)25(24)18-14-21(32-3)27(34-5)22(15-18)33-4/h7-8,10,14-15,17,25,29H,6,9,11-13H2,1-5H3. The molecule has 1 aliphatic heterocycles. The first-order chi connectivity index (χ1) is 17.9. The van der Waals surface area contributed by atoms with E-state index >= 15 is 0 Å². The number of hydrogen-bond acceptors (Lipinski definition) is 9. The number of thioether (sulfide) groups is 1. The molecule has 1 aromatic heterocycles. The zero-order chi connectivity index (χ0) is 26.5. The molecule has 0 fully saturated rings. The molecule has 4 rings (SSSR count). The largest absolute Gasteiger partial charge is 0.493 e. The third kappa shape index (κ3) is 5.52. The number of dihydropyridines is 1. The Morgan fingerprint density at radius 1 is 1.14 bits per heavy atom. The van der Waals surface area contributed by atoms with Crippen LogP contribution in [-0.2, 0) is 14.3 Å². The fourth-order valence-electron chi connectivity index (χ4n) is 5.05. The normalized spacial score (nSPS) is 19.3. The van der Waals surface area contributed by atoms with E-state index < -0.39 is 11.9 Å². The Kier molecular flexibility index (Phi) is 8.87. The predicted octanol–water partition coefficient (Wildman–Crippen LogP) is 5.43. The van der Waals surface area contributed by atoms with Gasteiger partial charge in [-0.2, -0.15) is 11.8 Å². The zero-order valence-corrected chi connectivity index (χ0v) is 23.5. The van der Waals surface area contributed by atoms with Crippen LogP contribution in [0.1, 0.15) is 49.0 Å². The molecule has 2 atom stereocenters. The number of thiophene rings is 1. The van der Waals surface area contributed by atoms with E-state index in [0.29, 0.717) is 64.9 Å². The highest BCUT2D eigenvalue weighted by Crippen LogP contribution is 2.49. The number of carbonyl (C=O) groups excluding carboxylic acids is 2. The van der Waals surface area contributed by atoms with Crippen LogP contribution in [0.3, 0.4) is 0 Å². The number of esters is 1. The Labute approximate surface area is 226 Å². The van der Waals surface area contributed by atoms with Crippen molar-refractivity contribution < 1.29 is 28.5 Å². The van der Waals surface area contributed by atoms with Gasteiger partial charge in [-0.1, -0.05) is 13.0 Å². The maximum Gasteiger partial charge on any atom is 0.336 e. The van der Waals surface area contributed by atoms with Crippen LogP contribution in [0.2, 0.25) is 0 Å². The van der Waals surface area contributed by atoms with Gasteiger partial charge in [-0.25, -0.2) is 4.79 Å². The molecular weight excluding hydrogens is 510 g/mol. The maximum absolute atomic E-state index is 13.8. The van der Waals surface area contributed by atoms with Gasteiger partial charge < -0.3 is 24.3 Å². The van der Waals surface area contributed by atoms with Crippen molar-refractivity contribution in [3.63, 3.8) is 0 Å². The Balaban J connectivity index is 1.82. The molecule has 0 saturated carbocycles. The van der Waals surface area contributed by atoms with Gasteiger partial charge in [0.05, 0.1) is 26.9 Å². The lowest BCUT2D eigenvalue weighted by Crippen LogP contribution is -2.36. The molecule has 2 unspecified atom stereocenters. The quantitative estimate of drug-likeness (QED) is 0.314. The van der Waals surface area contributed by atoms with Gasteiger partial charge in [0.1, 0.15) is 6.61 Å². The van der Waals surface area contributed by atoms with Gasteiger partial charge in [0.25, 0.3) is 0 Å². The Morgan fingerprint density at radius 3 is 2.46 bits per heavy atom. The number of hydrogen-bond donors (Lipinski definition) is 1. The molecule has 2 heterocycles. The van der Waals surface area contributed by atoms with Gasteiger partial charge in [-0.3, -0.25) is 4.79 Å². The average molecular weight is 544 g/mol. The van der Waals surface area contributed by atoms with Gasteiger partial charge in [0.15, 0.2) is 17.3 Å². The fourth-order valence-corrected chi connectivity index (χ4v) is 6.37. The molecule has 0 bridgehead atoms. The predicted molar refractivity (Wildman–Crippen MR) is 147 cm³/mol. The summed E-state index contributed by atoms with van der Waals surface area (Å²) < 4.78 is 22.4. The zero-order valence-electron chi connectivity index (χ0n) is 21.8. The van der Waals surface area contributed by atoms with Gasteiger partial charge in [-0.05, 0) is 48.2 Å². The summed E-state index contributed by atoms with van der Waals surface area (Å²) in [5.74, 6) is 2.11. The number of rotatable bonds is 10. The van der Waals surface area contributed by atoms with Crippen molar-refractivity contribution in [3.8, 4) is 17.2 Å². The molecule has 1 aliphatic carbocycles. The topological polar surface area (TPSA) is 83.1 Å². The summed E-state index contributed by atoms with van der Waals surface area (Å²) in [5, 5.41) is 5.44. The Hall–Kier alpha value is -2.91. The highest BCUT2D eigenvalue weighted by atomic mass is 32.2. The first-order valence-electron chi connectivity index (χ1n) is 12.3. The number of methoxy groups -OCH3 is 3. The minimum atomic E-state index is -0.618. The second-order valence-corrected chi connectivity index (χ2v) is 11.2. The highest BCUT2D eigenvalue weighted by molar-refractivity contribution is 7.99. The summed E-state index contributed by atoms with van der Waals surface area (Å²) in [6.45, 7) is 4.23. The van der Waals surface area contributed by atoms with Crippen molar-refractivity contribution in [2.75, 3.05) is 39.4 Å². The van der Waals surface area contributed by atoms with Crippen LogP contribution in [-0.4, -0.2) is 51.2 Å². The smallest absolute Gasteiger partial charge is 0.336 e. The lowest BCUT2D eigenvalue weighted by atomic mass is 9.72. The van der Waals surface area contributed by atoms with Crippen LogP contribution in [0.5, 0.6) is 17.2 Å². The SMILES string of the molecule is CCSCCOC(=O)C1=C(C)NC2=C(C(=O)CC(c3cccs3)C2)C1c1cc(OC)c(OC)c(OC)c1. The van der Waals surface area contributed by atoms with Gasteiger partial charge in [0, 0.05) is 45.9 Å². The molecule has 2 aliphatic rings. The van der Waals surface area contributed by atoms with Crippen molar-refractivity contribution in [1.29, 1.82) is 0 Å². The van der Waals surface area contributed by atoms with Crippen molar-refractivity contribution in [3.05, 3.63) is 62.6 Å². The van der Waals surface area contributed by atoms with Crippen molar-refractivity contribution in [2.24, 2.45) is 0 Å². The van der Waals surface area contributed by atoms with Crippen LogP contribution in [0.15, 0.2) is 52.2 Å². The first-order valence-corrected chi connectivity index (χ1v) is 14.3. The molecule has 0 spiro atoms. The van der Waals surface area contributed by atoms with Crippen LogP contribution in [0.25, 0.3) is 0 Å². The molecular formula is C28H33NO6S2. The molecule has 0 radical (unpaired) electrons. The second kappa shape index (κ2) is 12.1. The summed E-state index contributed by atoms with van der Waals surface area (Å²) in [7, 11) is 4.64. The van der Waals surface area contributed by atoms with E-state index in [1.807, 2.05) is 30.5 Å². The summed E-state index contributed by atoms with van der Waals surface area (Å²) in [6, 6.07) is 7.72. The molecule has 1 N–H and O–H groups in total. The summed E-state index contributed by atoms with van der Waals surface area (Å²) in [4.78, 5) is 28.4. The van der Waals surface area contributed by atoms with Crippen molar-refractivity contribution in [1.82, 2.24) is 5.32 Å². The molecule has 0 amide bonds. The van der Waals surface area contributed by atoms with E-state index in [1.54, 1.807) is 44.4 Å². The van der Waals surface area contributed by atoms with E-state index in [9.17, 15) is 9.59 Å². The highest BCUT2D eigenvalue weighted by Gasteiger charge is 2.42. The Morgan fingerprint density at radius 2 is 1.86 bits per heavy atom. The van der Waals surface area contributed by atoms with E-state index in [0.717, 1.165) is 11.4 Å². The molecule has 7 nitrogen and oxygen atoms in total. The van der Waals surface area contributed by atoms with E-state index in [1.165, 1.54) is 4.88 Å². The van der Waals surface area contributed by atoms with Crippen LogP contribution in [0, 0.1) is 0 Å². The van der Waals surface area contributed by atoms with Gasteiger partial charge in [-0.15, -0.1) is 11.3 Å². The monoisotopic (exact) mass is 543 g/mol. The number of carbonyl (C=O) groups is 2. The fraction of sp³-hybridized carbons (Fsp3) is 0.429. The van der Waals surface area contributed by atoms with Gasteiger partial charge >= 0.3 is 5.97 Å². The third-order valence-electron chi connectivity index (χ3n) is 6.68. The van der Waals surface area contributed by atoms with E-state index in [-0.39, 0.29) is 11.7 Å². The molecule has 0 saturated heterocycles. The van der Waals surface area contributed by atoms with E-state index in [4.69, 9.17) is 18.9 Å². The van der Waals surface area contributed by atoms with Crippen molar-refractivity contribution >= 4 is 34.9 Å². The minimum absolute atomic E-state index is 0.0187. The summed E-state index contributed by atoms with van der Waals surface area (Å²) >= 11 is 3.37.